The third kappa shape index (κ3) is 25.2. The Balaban J connectivity index is 1.25. The van der Waals surface area contributed by atoms with Crippen LogP contribution in [0.4, 0.5) is 15.3 Å². The van der Waals surface area contributed by atoms with Crippen LogP contribution in [0.5, 0.6) is 5.75 Å². The van der Waals surface area contributed by atoms with Crippen molar-refractivity contribution in [3.05, 3.63) is 60.2 Å². The van der Waals surface area contributed by atoms with E-state index in [-0.39, 0.29) is 6.61 Å². The minimum Gasteiger partial charge on any atom is -0.491 e. The zero-order chi connectivity index (χ0) is 35.3. The number of hydrogen-bond acceptors (Lipinski definition) is 12. The summed E-state index contributed by atoms with van der Waals surface area (Å²) in [5.41, 5.74) is 1.02. The summed E-state index contributed by atoms with van der Waals surface area (Å²) in [4.78, 5) is 23.5. The molecule has 0 aliphatic heterocycles. The number of benzene rings is 2. The van der Waals surface area contributed by atoms with Gasteiger partial charge in [0.2, 0.25) is 0 Å². The third-order valence-electron chi connectivity index (χ3n) is 5.96. The standard InChI is InChI=1S/C35H54N2O12/c1-35(2,3)49-33(38)36-13-14-40-15-16-41-17-18-42-19-20-43-21-22-44-23-24-45-25-26-46-27-28-47-32-11-9-31(10-12-32)37-34(39)48-29-30-7-5-4-6-8-30/h4-12H,13-29H2,1-3H3,(H,36,38)(H,37,39). The number of rotatable bonds is 28. The predicted octanol–water partition coefficient (Wildman–Crippen LogP) is 4.46. The van der Waals surface area contributed by atoms with Crippen molar-refractivity contribution >= 4 is 17.9 Å². The highest BCUT2D eigenvalue weighted by Gasteiger charge is 2.15. The molecular formula is C35H54N2O12. The molecule has 0 aliphatic carbocycles. The van der Waals surface area contributed by atoms with Crippen LogP contribution in [0.1, 0.15) is 26.3 Å². The van der Waals surface area contributed by atoms with E-state index in [1.165, 1.54) is 0 Å². The molecule has 2 aromatic carbocycles. The minimum absolute atomic E-state index is 0.208. The molecule has 0 saturated carbocycles. The van der Waals surface area contributed by atoms with Crippen molar-refractivity contribution in [2.45, 2.75) is 33.0 Å². The van der Waals surface area contributed by atoms with Gasteiger partial charge in [-0.3, -0.25) is 5.32 Å². The van der Waals surface area contributed by atoms with Gasteiger partial charge in [-0.1, -0.05) is 30.3 Å². The second kappa shape index (κ2) is 27.3. The number of hydrogen-bond donors (Lipinski definition) is 2. The predicted molar refractivity (Wildman–Crippen MR) is 182 cm³/mol. The molecule has 2 rings (SSSR count). The Morgan fingerprint density at radius 3 is 1.47 bits per heavy atom. The average molecular weight is 695 g/mol. The lowest BCUT2D eigenvalue weighted by Crippen LogP contribution is -2.34. The molecule has 14 nitrogen and oxygen atoms in total. The van der Waals surface area contributed by atoms with Crippen molar-refractivity contribution in [3.63, 3.8) is 0 Å². The summed E-state index contributed by atoms with van der Waals surface area (Å²) in [7, 11) is 0. The van der Waals surface area contributed by atoms with Gasteiger partial charge < -0.3 is 52.7 Å². The van der Waals surface area contributed by atoms with Crippen LogP contribution < -0.4 is 15.4 Å². The van der Waals surface area contributed by atoms with Crippen LogP contribution in [0.15, 0.2) is 54.6 Å². The Morgan fingerprint density at radius 2 is 1.00 bits per heavy atom. The minimum atomic E-state index is -0.519. The van der Waals surface area contributed by atoms with Crippen LogP contribution >= 0.6 is 0 Å². The molecule has 0 atom stereocenters. The first-order valence-electron chi connectivity index (χ1n) is 16.5. The zero-order valence-electron chi connectivity index (χ0n) is 29.1. The van der Waals surface area contributed by atoms with Gasteiger partial charge in [0.05, 0.1) is 92.5 Å². The number of anilines is 1. The SMILES string of the molecule is CC(C)(C)OC(=O)NCCOCCOCCOCCOCCOCCOCCOCCOc1ccc(NC(=O)OCc2ccccc2)cc1. The molecule has 0 heterocycles. The zero-order valence-corrected chi connectivity index (χ0v) is 29.1. The molecule has 0 radical (unpaired) electrons. The first kappa shape index (κ1) is 41.7. The van der Waals surface area contributed by atoms with E-state index >= 15 is 0 Å². The molecule has 0 saturated heterocycles. The van der Waals surface area contributed by atoms with Crippen molar-refractivity contribution in [2.24, 2.45) is 0 Å². The lowest BCUT2D eigenvalue weighted by atomic mass is 10.2. The monoisotopic (exact) mass is 694 g/mol. The van der Waals surface area contributed by atoms with E-state index in [0.717, 1.165) is 5.56 Å². The van der Waals surface area contributed by atoms with Crippen LogP contribution in [0.3, 0.4) is 0 Å². The summed E-state index contributed by atoms with van der Waals surface area (Å²) in [6.07, 6.45) is -0.976. The maximum absolute atomic E-state index is 12.0. The number of ether oxygens (including phenoxy) is 10. The van der Waals surface area contributed by atoms with Gasteiger partial charge in [-0.05, 0) is 50.6 Å². The molecule has 2 aromatic rings. The Hall–Kier alpha value is -3.50. The highest BCUT2D eigenvalue weighted by molar-refractivity contribution is 5.84. The van der Waals surface area contributed by atoms with Crippen LogP contribution in [0.25, 0.3) is 0 Å². The van der Waals surface area contributed by atoms with Gasteiger partial charge >= 0.3 is 12.2 Å². The molecule has 0 unspecified atom stereocenters. The smallest absolute Gasteiger partial charge is 0.411 e. The number of carbonyl (C=O) groups excluding carboxylic acids is 2. The molecule has 0 aliphatic rings. The van der Waals surface area contributed by atoms with Crippen LogP contribution in [0, 0.1) is 0 Å². The molecule has 49 heavy (non-hydrogen) atoms. The van der Waals surface area contributed by atoms with E-state index in [4.69, 9.17) is 47.4 Å². The van der Waals surface area contributed by atoms with E-state index in [1.54, 1.807) is 24.3 Å². The molecule has 14 heteroatoms. The molecule has 0 spiro atoms. The highest BCUT2D eigenvalue weighted by Crippen LogP contribution is 2.16. The van der Waals surface area contributed by atoms with Crippen molar-refractivity contribution in [1.82, 2.24) is 5.32 Å². The lowest BCUT2D eigenvalue weighted by molar-refractivity contribution is -0.0211. The Kier molecular flexibility index (Phi) is 23.2. The molecule has 0 aromatic heterocycles. The Labute approximate surface area is 289 Å². The van der Waals surface area contributed by atoms with Gasteiger partial charge in [-0.2, -0.15) is 0 Å². The van der Waals surface area contributed by atoms with Gasteiger partial charge in [0.1, 0.15) is 24.6 Å². The summed E-state index contributed by atoms with van der Waals surface area (Å²) in [5, 5.41) is 5.32. The Bertz CT molecular complexity index is 1100. The van der Waals surface area contributed by atoms with Crippen molar-refractivity contribution in [1.29, 1.82) is 0 Å². The van der Waals surface area contributed by atoms with Gasteiger partial charge in [-0.15, -0.1) is 0 Å². The van der Waals surface area contributed by atoms with Gasteiger partial charge in [0.15, 0.2) is 0 Å². The second-order valence-electron chi connectivity index (χ2n) is 11.3. The summed E-state index contributed by atoms with van der Waals surface area (Å²) in [6.45, 7) is 12.8. The van der Waals surface area contributed by atoms with Crippen molar-refractivity contribution in [2.75, 3.05) is 111 Å². The third-order valence-corrected chi connectivity index (χ3v) is 5.96. The first-order chi connectivity index (χ1) is 23.8. The second-order valence-corrected chi connectivity index (χ2v) is 11.3. The van der Waals surface area contributed by atoms with Gasteiger partial charge in [0, 0.05) is 12.2 Å². The number of alkyl carbamates (subject to hydrolysis) is 1. The summed E-state index contributed by atoms with van der Waals surface area (Å²) >= 11 is 0. The largest absolute Gasteiger partial charge is 0.491 e. The molecular weight excluding hydrogens is 640 g/mol. The molecule has 2 N–H and O–H groups in total. The average Bonchev–Trinajstić information content (AvgIpc) is 3.07. The fourth-order valence-electron chi connectivity index (χ4n) is 3.69. The van der Waals surface area contributed by atoms with Crippen molar-refractivity contribution in [3.8, 4) is 5.75 Å². The fourth-order valence-corrected chi connectivity index (χ4v) is 3.69. The normalized spacial score (nSPS) is 11.2. The maximum Gasteiger partial charge on any atom is 0.411 e. The van der Waals surface area contributed by atoms with Crippen molar-refractivity contribution < 1.29 is 57.0 Å². The lowest BCUT2D eigenvalue weighted by Gasteiger charge is -2.19. The van der Waals surface area contributed by atoms with E-state index < -0.39 is 17.8 Å². The quantitative estimate of drug-likeness (QED) is 0.121. The summed E-state index contributed by atoms with van der Waals surface area (Å²) < 4.78 is 54.3. The fraction of sp³-hybridized carbons (Fsp3) is 0.600. The number of nitrogens with one attached hydrogen (secondary N) is 2. The van der Waals surface area contributed by atoms with E-state index in [9.17, 15) is 9.59 Å². The Morgan fingerprint density at radius 1 is 0.551 bits per heavy atom. The number of carbonyl (C=O) groups is 2. The molecule has 2 amide bonds. The van der Waals surface area contributed by atoms with Gasteiger partial charge in [-0.25, -0.2) is 9.59 Å². The first-order valence-corrected chi connectivity index (χ1v) is 16.5. The molecule has 0 fully saturated rings. The van der Waals surface area contributed by atoms with E-state index in [0.29, 0.717) is 117 Å². The topological polar surface area (TPSA) is 151 Å². The maximum atomic E-state index is 12.0. The summed E-state index contributed by atoms with van der Waals surface area (Å²) in [5.74, 6) is 0.671. The molecule has 0 bridgehead atoms. The van der Waals surface area contributed by atoms with Crippen LogP contribution in [-0.2, 0) is 49.2 Å². The molecule has 276 valence electrons. The highest BCUT2D eigenvalue weighted by atomic mass is 16.6. The van der Waals surface area contributed by atoms with E-state index in [1.807, 2.05) is 51.1 Å². The van der Waals surface area contributed by atoms with Gasteiger partial charge in [0.25, 0.3) is 0 Å². The number of amides is 2. The van der Waals surface area contributed by atoms with Crippen LogP contribution in [0.2, 0.25) is 0 Å². The van der Waals surface area contributed by atoms with Crippen LogP contribution in [-0.4, -0.2) is 123 Å². The van der Waals surface area contributed by atoms with E-state index in [2.05, 4.69) is 10.6 Å². The summed E-state index contributed by atoms with van der Waals surface area (Å²) in [6, 6.07) is 16.5.